The molecule has 0 fully saturated rings. The summed E-state index contributed by atoms with van der Waals surface area (Å²) in [6.45, 7) is 1.02. The third-order valence-corrected chi connectivity index (χ3v) is 4.85. The SMILES string of the molecule is N#Cc1c(CCCNC(=O)NCCCc2ccc(O)cc2)nn(-c2ccccc2)c1N. The van der Waals surface area contributed by atoms with Crippen LogP contribution in [0.15, 0.2) is 54.6 Å². The Hall–Kier alpha value is -3.99. The number of nitrogens with zero attached hydrogens (tertiary/aromatic N) is 3. The van der Waals surface area contributed by atoms with Crippen LogP contribution in [0.25, 0.3) is 5.69 Å². The number of nitrogens with one attached hydrogen (secondary N) is 2. The lowest BCUT2D eigenvalue weighted by molar-refractivity contribution is 0.240. The van der Waals surface area contributed by atoms with E-state index in [4.69, 9.17) is 5.73 Å². The van der Waals surface area contributed by atoms with Crippen LogP contribution in [-0.2, 0) is 12.8 Å². The fourth-order valence-corrected chi connectivity index (χ4v) is 3.22. The Labute approximate surface area is 181 Å². The van der Waals surface area contributed by atoms with Crippen LogP contribution in [0.4, 0.5) is 10.6 Å². The summed E-state index contributed by atoms with van der Waals surface area (Å²) in [6, 6.07) is 18.4. The molecule has 5 N–H and O–H groups in total. The molecular weight excluding hydrogens is 392 g/mol. The number of nitrogens with two attached hydrogens (primary N) is 1. The number of benzene rings is 2. The number of amides is 2. The van der Waals surface area contributed by atoms with E-state index in [2.05, 4.69) is 21.8 Å². The van der Waals surface area contributed by atoms with E-state index in [-0.39, 0.29) is 11.8 Å². The third kappa shape index (κ3) is 6.00. The molecule has 0 aliphatic rings. The number of nitrogen functional groups attached to an aromatic ring is 1. The van der Waals surface area contributed by atoms with Crippen LogP contribution in [0.2, 0.25) is 0 Å². The van der Waals surface area contributed by atoms with Gasteiger partial charge in [-0.1, -0.05) is 30.3 Å². The maximum atomic E-state index is 11.9. The Morgan fingerprint density at radius 3 is 2.32 bits per heavy atom. The number of para-hydroxylation sites is 1. The van der Waals surface area contributed by atoms with Crippen molar-refractivity contribution in [2.75, 3.05) is 18.8 Å². The molecule has 0 spiro atoms. The van der Waals surface area contributed by atoms with Crippen molar-refractivity contribution in [3.05, 3.63) is 71.4 Å². The minimum absolute atomic E-state index is 0.222. The molecule has 0 aliphatic heterocycles. The van der Waals surface area contributed by atoms with Gasteiger partial charge < -0.3 is 21.5 Å². The minimum Gasteiger partial charge on any atom is -0.508 e. The molecule has 0 aliphatic carbocycles. The second-order valence-electron chi connectivity index (χ2n) is 7.12. The van der Waals surface area contributed by atoms with Crippen molar-refractivity contribution in [1.29, 1.82) is 5.26 Å². The summed E-state index contributed by atoms with van der Waals surface area (Å²) in [6.07, 6.45) is 2.80. The van der Waals surface area contributed by atoms with E-state index < -0.39 is 0 Å². The first-order valence-corrected chi connectivity index (χ1v) is 10.2. The van der Waals surface area contributed by atoms with Gasteiger partial charge in [0.2, 0.25) is 0 Å². The van der Waals surface area contributed by atoms with Gasteiger partial charge in [-0.2, -0.15) is 10.4 Å². The highest BCUT2D eigenvalue weighted by Crippen LogP contribution is 2.21. The summed E-state index contributed by atoms with van der Waals surface area (Å²) in [5.74, 6) is 0.570. The summed E-state index contributed by atoms with van der Waals surface area (Å²) in [4.78, 5) is 11.9. The second kappa shape index (κ2) is 10.7. The predicted molar refractivity (Wildman–Crippen MR) is 119 cm³/mol. The number of urea groups is 1. The van der Waals surface area contributed by atoms with Gasteiger partial charge in [-0.25, -0.2) is 9.48 Å². The van der Waals surface area contributed by atoms with E-state index in [0.717, 1.165) is 24.1 Å². The number of aryl methyl sites for hydroxylation is 2. The minimum atomic E-state index is -0.222. The number of anilines is 1. The number of phenolic OH excluding ortho intramolecular Hbond substituents is 1. The van der Waals surface area contributed by atoms with E-state index in [0.29, 0.717) is 43.0 Å². The topological polar surface area (TPSA) is 129 Å². The van der Waals surface area contributed by atoms with Crippen LogP contribution in [0, 0.1) is 11.3 Å². The fourth-order valence-electron chi connectivity index (χ4n) is 3.22. The second-order valence-corrected chi connectivity index (χ2v) is 7.12. The number of aromatic hydroxyl groups is 1. The smallest absolute Gasteiger partial charge is 0.314 e. The quantitative estimate of drug-likeness (QED) is 0.397. The van der Waals surface area contributed by atoms with Crippen molar-refractivity contribution in [3.63, 3.8) is 0 Å². The van der Waals surface area contributed by atoms with E-state index in [9.17, 15) is 15.2 Å². The van der Waals surface area contributed by atoms with Crippen LogP contribution < -0.4 is 16.4 Å². The molecule has 0 radical (unpaired) electrons. The summed E-state index contributed by atoms with van der Waals surface area (Å²) in [7, 11) is 0. The van der Waals surface area contributed by atoms with Gasteiger partial charge >= 0.3 is 6.03 Å². The molecule has 3 aromatic rings. The number of rotatable bonds is 9. The Morgan fingerprint density at radius 2 is 1.68 bits per heavy atom. The normalized spacial score (nSPS) is 10.4. The number of hydrogen-bond donors (Lipinski definition) is 4. The molecule has 0 bridgehead atoms. The molecule has 8 heteroatoms. The Balaban J connectivity index is 1.40. The molecule has 0 atom stereocenters. The first-order chi connectivity index (χ1) is 15.1. The van der Waals surface area contributed by atoms with Crippen LogP contribution in [0.1, 0.15) is 29.7 Å². The molecule has 2 aromatic carbocycles. The van der Waals surface area contributed by atoms with Crippen LogP contribution >= 0.6 is 0 Å². The highest BCUT2D eigenvalue weighted by atomic mass is 16.3. The highest BCUT2D eigenvalue weighted by Gasteiger charge is 2.16. The molecule has 8 nitrogen and oxygen atoms in total. The van der Waals surface area contributed by atoms with Gasteiger partial charge in [0, 0.05) is 13.1 Å². The van der Waals surface area contributed by atoms with Crippen molar-refractivity contribution >= 4 is 11.8 Å². The van der Waals surface area contributed by atoms with Crippen LogP contribution in [0.3, 0.4) is 0 Å². The standard InChI is InChI=1S/C23H26N6O2/c24-16-20-21(28-29(22(20)25)18-7-2-1-3-8-18)9-5-15-27-23(31)26-14-4-6-17-10-12-19(30)13-11-17/h1-3,7-8,10-13,30H,4-6,9,14-15,25H2,(H2,26,27,31). The molecule has 3 rings (SSSR count). The monoisotopic (exact) mass is 418 g/mol. The van der Waals surface area contributed by atoms with Gasteiger partial charge in [0.25, 0.3) is 0 Å². The summed E-state index contributed by atoms with van der Waals surface area (Å²) >= 11 is 0. The molecule has 0 saturated heterocycles. The van der Waals surface area contributed by atoms with E-state index in [1.54, 1.807) is 16.8 Å². The van der Waals surface area contributed by atoms with Crippen molar-refractivity contribution < 1.29 is 9.90 Å². The van der Waals surface area contributed by atoms with Gasteiger partial charge in [0.05, 0.1) is 11.4 Å². The lowest BCUT2D eigenvalue weighted by atomic mass is 10.1. The summed E-state index contributed by atoms with van der Waals surface area (Å²) in [5.41, 5.74) is 9.02. The third-order valence-electron chi connectivity index (χ3n) is 4.85. The first-order valence-electron chi connectivity index (χ1n) is 10.2. The highest BCUT2D eigenvalue weighted by molar-refractivity contribution is 5.73. The molecule has 1 aromatic heterocycles. The number of hydrogen-bond acceptors (Lipinski definition) is 5. The average Bonchev–Trinajstić information content (AvgIpc) is 3.11. The van der Waals surface area contributed by atoms with E-state index in [1.165, 1.54) is 0 Å². The molecular formula is C23H26N6O2. The lowest BCUT2D eigenvalue weighted by Crippen LogP contribution is -2.36. The van der Waals surface area contributed by atoms with Crippen molar-refractivity contribution in [2.45, 2.75) is 25.7 Å². The molecule has 1 heterocycles. The van der Waals surface area contributed by atoms with Crippen LogP contribution in [-0.4, -0.2) is 34.0 Å². The van der Waals surface area contributed by atoms with Crippen molar-refractivity contribution in [3.8, 4) is 17.5 Å². The molecule has 160 valence electrons. The van der Waals surface area contributed by atoms with Gasteiger partial charge in [-0.05, 0) is 55.5 Å². The maximum absolute atomic E-state index is 11.9. The lowest BCUT2D eigenvalue weighted by Gasteiger charge is -2.07. The zero-order valence-electron chi connectivity index (χ0n) is 17.2. The van der Waals surface area contributed by atoms with Gasteiger partial charge in [-0.15, -0.1) is 0 Å². The van der Waals surface area contributed by atoms with E-state index in [1.807, 2.05) is 42.5 Å². The number of carbonyl (C=O) groups excluding carboxylic acids is 1. The van der Waals surface area contributed by atoms with Gasteiger partial charge in [0.1, 0.15) is 23.2 Å². The van der Waals surface area contributed by atoms with Gasteiger partial charge in [0.15, 0.2) is 0 Å². The Kier molecular flexibility index (Phi) is 7.49. The van der Waals surface area contributed by atoms with Crippen molar-refractivity contribution in [1.82, 2.24) is 20.4 Å². The molecule has 0 unspecified atom stereocenters. The zero-order valence-corrected chi connectivity index (χ0v) is 17.2. The molecule has 0 saturated carbocycles. The predicted octanol–water partition coefficient (Wildman–Crippen LogP) is 2.90. The molecule has 2 amide bonds. The zero-order chi connectivity index (χ0) is 22.1. The summed E-state index contributed by atoms with van der Waals surface area (Å²) < 4.78 is 1.57. The molecule has 31 heavy (non-hydrogen) atoms. The van der Waals surface area contributed by atoms with Crippen molar-refractivity contribution in [2.24, 2.45) is 0 Å². The summed E-state index contributed by atoms with van der Waals surface area (Å²) in [5, 5.41) is 28.9. The van der Waals surface area contributed by atoms with Crippen LogP contribution in [0.5, 0.6) is 5.75 Å². The Morgan fingerprint density at radius 1 is 1.03 bits per heavy atom. The Bertz CT molecular complexity index is 1040. The average molecular weight is 419 g/mol. The number of nitriles is 1. The largest absolute Gasteiger partial charge is 0.508 e. The van der Waals surface area contributed by atoms with Gasteiger partial charge in [-0.3, -0.25) is 0 Å². The number of carbonyl (C=O) groups is 1. The van der Waals surface area contributed by atoms with E-state index >= 15 is 0 Å². The maximum Gasteiger partial charge on any atom is 0.314 e. The first kappa shape index (κ1) is 21.7. The number of phenols is 1. The number of aromatic nitrogens is 2. The fraction of sp³-hybridized carbons (Fsp3) is 0.261.